The minimum Gasteiger partial charge on any atom is -0.351 e. The van der Waals surface area contributed by atoms with Crippen molar-refractivity contribution in [2.24, 2.45) is 0 Å². The Morgan fingerprint density at radius 3 is 2.55 bits per heavy atom. The molecule has 1 aromatic heterocycles. The maximum absolute atomic E-state index is 12.2. The number of nitrogens with zero attached hydrogens (tertiary/aromatic N) is 2. The van der Waals surface area contributed by atoms with Gasteiger partial charge in [0.2, 0.25) is 0 Å². The van der Waals surface area contributed by atoms with Crippen LogP contribution in [0.25, 0.3) is 6.08 Å². The maximum Gasteiger partial charge on any atom is 0.266 e. The first-order chi connectivity index (χ1) is 10.5. The highest BCUT2D eigenvalue weighted by atomic mass is 79.9. The van der Waals surface area contributed by atoms with Gasteiger partial charge in [-0.1, -0.05) is 15.9 Å². The van der Waals surface area contributed by atoms with E-state index in [9.17, 15) is 10.1 Å². The van der Waals surface area contributed by atoms with Crippen LogP contribution in [0.2, 0.25) is 0 Å². The molecule has 2 aromatic rings. The lowest BCUT2D eigenvalue weighted by Gasteiger charge is -2.05. The van der Waals surface area contributed by atoms with Gasteiger partial charge in [0.05, 0.1) is 0 Å². The summed E-state index contributed by atoms with van der Waals surface area (Å²) in [5.41, 5.74) is 1.55. The van der Waals surface area contributed by atoms with E-state index in [4.69, 9.17) is 0 Å². The molecule has 0 radical (unpaired) electrons. The topological polar surface area (TPSA) is 57.8 Å². The van der Waals surface area contributed by atoms with E-state index in [-0.39, 0.29) is 5.57 Å². The third kappa shape index (κ3) is 4.09. The highest BCUT2D eigenvalue weighted by Gasteiger charge is 2.10. The van der Waals surface area contributed by atoms with Crippen LogP contribution in [0.5, 0.6) is 0 Å². The molecule has 0 bridgehead atoms. The fourth-order valence-electron chi connectivity index (χ4n) is 1.88. The highest BCUT2D eigenvalue weighted by molar-refractivity contribution is 9.10. The molecule has 1 N–H and O–H groups in total. The zero-order chi connectivity index (χ0) is 16.1. The SMILES string of the molecule is CC(C)n1ccc(/C=C(\C#N)C(=O)Nc2ccc(Br)cc2)c1. The van der Waals surface area contributed by atoms with Gasteiger partial charge in [-0.25, -0.2) is 0 Å². The van der Waals surface area contributed by atoms with Crippen LogP contribution in [0.4, 0.5) is 5.69 Å². The van der Waals surface area contributed by atoms with Gasteiger partial charge in [0.15, 0.2) is 0 Å². The molecule has 2 rings (SSSR count). The minimum absolute atomic E-state index is 0.0735. The number of anilines is 1. The summed E-state index contributed by atoms with van der Waals surface area (Å²) in [5.74, 6) is -0.415. The van der Waals surface area contributed by atoms with Gasteiger partial charge in [-0.2, -0.15) is 5.26 Å². The quantitative estimate of drug-likeness (QED) is 0.651. The van der Waals surface area contributed by atoms with Crippen molar-refractivity contribution >= 4 is 33.6 Å². The molecule has 0 spiro atoms. The number of hydrogen-bond donors (Lipinski definition) is 1. The van der Waals surface area contributed by atoms with Crippen molar-refractivity contribution < 1.29 is 4.79 Å². The standard InChI is InChI=1S/C17H16BrN3O/c1-12(2)21-8-7-13(11-21)9-14(10-19)17(22)20-16-5-3-15(18)4-6-16/h3-9,11-12H,1-2H3,(H,20,22)/b14-9+. The number of halogens is 1. The largest absolute Gasteiger partial charge is 0.351 e. The Labute approximate surface area is 138 Å². The van der Waals surface area contributed by atoms with Crippen LogP contribution in [0.3, 0.4) is 0 Å². The molecule has 22 heavy (non-hydrogen) atoms. The number of nitriles is 1. The molecule has 1 amide bonds. The Bertz CT molecular complexity index is 736. The Morgan fingerprint density at radius 2 is 2.00 bits per heavy atom. The van der Waals surface area contributed by atoms with E-state index in [1.54, 1.807) is 18.2 Å². The summed E-state index contributed by atoms with van der Waals surface area (Å²) in [6.07, 6.45) is 5.43. The number of rotatable bonds is 4. The van der Waals surface area contributed by atoms with Crippen LogP contribution < -0.4 is 5.32 Å². The molecule has 0 saturated heterocycles. The molecule has 0 aliphatic heterocycles. The van der Waals surface area contributed by atoms with Crippen molar-refractivity contribution in [3.63, 3.8) is 0 Å². The molecule has 0 unspecified atom stereocenters. The molecule has 5 heteroatoms. The molecule has 112 valence electrons. The Kier molecular flexibility index (Phi) is 5.18. The van der Waals surface area contributed by atoms with Crippen LogP contribution in [0, 0.1) is 11.3 Å². The summed E-state index contributed by atoms with van der Waals surface area (Å²) < 4.78 is 2.95. The van der Waals surface area contributed by atoms with E-state index >= 15 is 0 Å². The lowest BCUT2D eigenvalue weighted by molar-refractivity contribution is -0.112. The van der Waals surface area contributed by atoms with Gasteiger partial charge in [-0.15, -0.1) is 0 Å². The Balaban J connectivity index is 2.16. The lowest BCUT2D eigenvalue weighted by atomic mass is 10.2. The zero-order valence-electron chi connectivity index (χ0n) is 12.4. The second-order valence-electron chi connectivity index (χ2n) is 5.12. The van der Waals surface area contributed by atoms with Gasteiger partial charge in [0, 0.05) is 28.6 Å². The molecular weight excluding hydrogens is 342 g/mol. The van der Waals surface area contributed by atoms with Crippen molar-refractivity contribution in [1.29, 1.82) is 5.26 Å². The molecule has 0 atom stereocenters. The highest BCUT2D eigenvalue weighted by Crippen LogP contribution is 2.16. The van der Waals surface area contributed by atoms with Gasteiger partial charge in [-0.05, 0) is 55.8 Å². The third-order valence-corrected chi connectivity index (χ3v) is 3.64. The van der Waals surface area contributed by atoms with E-state index in [0.717, 1.165) is 10.0 Å². The van der Waals surface area contributed by atoms with Gasteiger partial charge < -0.3 is 9.88 Å². The first-order valence-electron chi connectivity index (χ1n) is 6.86. The summed E-state index contributed by atoms with van der Waals surface area (Å²) in [6.45, 7) is 4.14. The predicted molar refractivity (Wildman–Crippen MR) is 91.2 cm³/mol. The number of benzene rings is 1. The maximum atomic E-state index is 12.2. The average molecular weight is 358 g/mol. The second kappa shape index (κ2) is 7.10. The minimum atomic E-state index is -0.415. The number of carbonyl (C=O) groups is 1. The van der Waals surface area contributed by atoms with Crippen LogP contribution in [-0.4, -0.2) is 10.5 Å². The number of nitrogens with one attached hydrogen (secondary N) is 1. The molecular formula is C17H16BrN3O. The van der Waals surface area contributed by atoms with Crippen LogP contribution >= 0.6 is 15.9 Å². The van der Waals surface area contributed by atoms with Gasteiger partial charge in [-0.3, -0.25) is 4.79 Å². The summed E-state index contributed by atoms with van der Waals surface area (Å²) in [5, 5.41) is 11.9. The van der Waals surface area contributed by atoms with E-state index < -0.39 is 5.91 Å². The molecule has 1 heterocycles. The van der Waals surface area contributed by atoms with E-state index in [1.165, 1.54) is 0 Å². The molecule has 0 fully saturated rings. The van der Waals surface area contributed by atoms with Crippen molar-refractivity contribution in [2.45, 2.75) is 19.9 Å². The normalized spacial score (nSPS) is 11.3. The summed E-state index contributed by atoms with van der Waals surface area (Å²) in [6, 6.07) is 11.4. The lowest BCUT2D eigenvalue weighted by Crippen LogP contribution is -2.13. The first-order valence-corrected chi connectivity index (χ1v) is 7.65. The van der Waals surface area contributed by atoms with Crippen molar-refractivity contribution in [3.8, 4) is 6.07 Å². The molecule has 0 aliphatic rings. The summed E-state index contributed by atoms with van der Waals surface area (Å²) in [4.78, 5) is 12.2. The van der Waals surface area contributed by atoms with E-state index in [0.29, 0.717) is 11.7 Å². The van der Waals surface area contributed by atoms with Crippen molar-refractivity contribution in [2.75, 3.05) is 5.32 Å². The van der Waals surface area contributed by atoms with Crippen LogP contribution in [0.15, 0.2) is 52.8 Å². The van der Waals surface area contributed by atoms with Crippen LogP contribution in [-0.2, 0) is 4.79 Å². The van der Waals surface area contributed by atoms with Crippen molar-refractivity contribution in [1.82, 2.24) is 4.57 Å². The summed E-state index contributed by atoms with van der Waals surface area (Å²) in [7, 11) is 0. The second-order valence-corrected chi connectivity index (χ2v) is 6.03. The number of carbonyl (C=O) groups excluding carboxylic acids is 1. The van der Waals surface area contributed by atoms with Crippen LogP contribution in [0.1, 0.15) is 25.5 Å². The van der Waals surface area contributed by atoms with E-state index in [1.807, 2.05) is 41.2 Å². The van der Waals surface area contributed by atoms with Gasteiger partial charge >= 0.3 is 0 Å². The molecule has 1 aromatic carbocycles. The summed E-state index contributed by atoms with van der Waals surface area (Å²) >= 11 is 3.33. The third-order valence-electron chi connectivity index (χ3n) is 3.11. The average Bonchev–Trinajstić information content (AvgIpc) is 2.96. The molecule has 4 nitrogen and oxygen atoms in total. The van der Waals surface area contributed by atoms with Gasteiger partial charge in [0.1, 0.15) is 11.6 Å². The first kappa shape index (κ1) is 16.1. The van der Waals surface area contributed by atoms with E-state index in [2.05, 4.69) is 35.1 Å². The van der Waals surface area contributed by atoms with Gasteiger partial charge in [0.25, 0.3) is 5.91 Å². The Hall–Kier alpha value is -2.32. The number of aromatic nitrogens is 1. The fourth-order valence-corrected chi connectivity index (χ4v) is 2.15. The predicted octanol–water partition coefficient (Wildman–Crippen LogP) is 4.38. The monoisotopic (exact) mass is 357 g/mol. The smallest absolute Gasteiger partial charge is 0.266 e. The zero-order valence-corrected chi connectivity index (χ0v) is 14.0. The molecule has 0 aliphatic carbocycles. The van der Waals surface area contributed by atoms with Crippen molar-refractivity contribution in [3.05, 3.63) is 58.3 Å². The fraction of sp³-hybridized carbons (Fsp3) is 0.176. The number of hydrogen-bond acceptors (Lipinski definition) is 2. The number of amides is 1. The Morgan fingerprint density at radius 1 is 1.32 bits per heavy atom. The molecule has 0 saturated carbocycles.